The fraction of sp³-hybridized carbons (Fsp3) is 0. The first-order valence-corrected chi connectivity index (χ1v) is 2.29. The van der Waals surface area contributed by atoms with E-state index in [1.165, 1.54) is 0 Å². The molecule has 5 N–H and O–H groups in total. The molecule has 0 spiro atoms. The third kappa shape index (κ3) is 2.91. The van der Waals surface area contributed by atoms with E-state index in [-0.39, 0.29) is 11.6 Å². The highest BCUT2D eigenvalue weighted by Gasteiger charge is 1.81. The van der Waals surface area contributed by atoms with Crippen molar-refractivity contribution in [2.45, 2.75) is 0 Å². The van der Waals surface area contributed by atoms with E-state index in [0.717, 1.165) is 6.29 Å². The van der Waals surface area contributed by atoms with E-state index in [4.69, 9.17) is 0 Å². The third-order valence-corrected chi connectivity index (χ3v) is 0.809. The lowest BCUT2D eigenvalue weighted by atomic mass is 10.4. The van der Waals surface area contributed by atoms with Crippen molar-refractivity contribution in [3.05, 3.63) is 30.1 Å². The average Bonchev–Trinajstić information content (AvgIpc) is 1.90. The Kier molecular flexibility index (Phi) is 6.76. The number of hydrogen-bond donors (Lipinski definition) is 1. The van der Waals surface area contributed by atoms with Crippen LogP contribution in [-0.4, -0.2) is 16.7 Å². The first-order chi connectivity index (χ1) is 3.93. The average molecular weight is 142 g/mol. The number of rotatable bonds is 1. The predicted molar refractivity (Wildman–Crippen MR) is 38.3 cm³/mol. The summed E-state index contributed by atoms with van der Waals surface area (Å²) < 4.78 is 0. The normalized spacial score (nSPS) is 6.80. The first-order valence-electron chi connectivity index (χ1n) is 2.29. The van der Waals surface area contributed by atoms with Gasteiger partial charge in [0.15, 0.2) is 6.29 Å². The van der Waals surface area contributed by atoms with Crippen LogP contribution in [-0.2, 0) is 0 Å². The van der Waals surface area contributed by atoms with Crippen molar-refractivity contribution < 1.29 is 10.3 Å². The lowest BCUT2D eigenvalue weighted by molar-refractivity contribution is 0.111. The van der Waals surface area contributed by atoms with E-state index in [1.54, 1.807) is 24.4 Å². The Bertz CT molecular complexity index is 176. The Hall–Kier alpha value is -1.26. The molecule has 56 valence electrons. The van der Waals surface area contributed by atoms with Gasteiger partial charge in [-0.3, -0.25) is 9.78 Å². The molecule has 0 bridgehead atoms. The van der Waals surface area contributed by atoms with Crippen LogP contribution in [0.25, 0.3) is 0 Å². The summed E-state index contributed by atoms with van der Waals surface area (Å²) >= 11 is 0. The van der Waals surface area contributed by atoms with Crippen LogP contribution in [0.2, 0.25) is 0 Å². The van der Waals surface area contributed by atoms with Crippen LogP contribution in [0.15, 0.2) is 24.4 Å². The van der Waals surface area contributed by atoms with Gasteiger partial charge in [-0.25, -0.2) is 0 Å². The Morgan fingerprint density at radius 3 is 2.40 bits per heavy atom. The van der Waals surface area contributed by atoms with Crippen LogP contribution in [0.4, 0.5) is 0 Å². The van der Waals surface area contributed by atoms with Crippen molar-refractivity contribution in [3.8, 4) is 0 Å². The second kappa shape index (κ2) is 5.87. The second-order valence-electron chi connectivity index (χ2n) is 1.37. The van der Waals surface area contributed by atoms with Gasteiger partial charge in [-0.15, -0.1) is 0 Å². The van der Waals surface area contributed by atoms with Crippen LogP contribution >= 0.6 is 0 Å². The fourth-order valence-corrected chi connectivity index (χ4v) is 0.446. The number of hydrogen-bond acceptors (Lipinski definition) is 3. The minimum Gasteiger partial charge on any atom is -0.412 e. The molecule has 1 heterocycles. The monoisotopic (exact) mass is 142 g/mol. The van der Waals surface area contributed by atoms with Crippen LogP contribution in [0.3, 0.4) is 0 Å². The van der Waals surface area contributed by atoms with E-state index >= 15 is 0 Å². The summed E-state index contributed by atoms with van der Waals surface area (Å²) in [6, 6.07) is 5.21. The van der Waals surface area contributed by atoms with Gasteiger partial charge < -0.3 is 11.6 Å². The van der Waals surface area contributed by atoms with Gasteiger partial charge in [-0.2, -0.15) is 0 Å². The zero-order chi connectivity index (χ0) is 5.82. The summed E-state index contributed by atoms with van der Waals surface area (Å²) in [5, 5.41) is 0. The standard InChI is InChI=1S/C6H5NO.H3N.H2O/c8-5-6-3-1-2-4-7-6;;/h1-5H;1H3;1H2. The SMILES string of the molecule is N.O.O=Cc1ccccn1. The van der Waals surface area contributed by atoms with Crippen molar-refractivity contribution in [2.75, 3.05) is 0 Å². The molecule has 0 aliphatic rings. The molecule has 0 atom stereocenters. The van der Waals surface area contributed by atoms with E-state index in [1.807, 2.05) is 0 Å². The summed E-state index contributed by atoms with van der Waals surface area (Å²) in [7, 11) is 0. The van der Waals surface area contributed by atoms with Gasteiger partial charge in [-0.05, 0) is 12.1 Å². The molecular formula is C6H10N2O2. The van der Waals surface area contributed by atoms with Crippen molar-refractivity contribution >= 4 is 6.29 Å². The molecule has 1 aromatic rings. The lowest BCUT2D eigenvalue weighted by Crippen LogP contribution is -1.80. The first kappa shape index (κ1) is 11.5. The molecule has 0 aromatic carbocycles. The van der Waals surface area contributed by atoms with Crippen LogP contribution < -0.4 is 6.15 Å². The van der Waals surface area contributed by atoms with Crippen molar-refractivity contribution in [3.63, 3.8) is 0 Å². The fourth-order valence-electron chi connectivity index (χ4n) is 0.446. The number of carbonyl (C=O) groups is 1. The molecule has 0 unspecified atom stereocenters. The Balaban J connectivity index is 0. The zero-order valence-electron chi connectivity index (χ0n) is 5.45. The van der Waals surface area contributed by atoms with Gasteiger partial charge in [0.05, 0.1) is 0 Å². The molecule has 0 radical (unpaired) electrons. The minimum absolute atomic E-state index is 0. The van der Waals surface area contributed by atoms with Crippen molar-refractivity contribution in [1.29, 1.82) is 0 Å². The Labute approximate surface area is 58.8 Å². The molecule has 0 saturated carbocycles. The van der Waals surface area contributed by atoms with Gasteiger partial charge in [0.25, 0.3) is 0 Å². The number of aldehydes is 1. The molecule has 0 aliphatic carbocycles. The van der Waals surface area contributed by atoms with Crippen LogP contribution in [0.5, 0.6) is 0 Å². The summed E-state index contributed by atoms with van der Waals surface area (Å²) in [5.41, 5.74) is 0.479. The van der Waals surface area contributed by atoms with Crippen molar-refractivity contribution in [2.24, 2.45) is 0 Å². The Morgan fingerprint density at radius 2 is 2.10 bits per heavy atom. The molecule has 0 amide bonds. The highest BCUT2D eigenvalue weighted by molar-refractivity contribution is 5.71. The van der Waals surface area contributed by atoms with Crippen LogP contribution in [0, 0.1) is 0 Å². The molecule has 4 nitrogen and oxygen atoms in total. The molecular weight excluding hydrogens is 132 g/mol. The minimum atomic E-state index is 0. The molecule has 1 aromatic heterocycles. The van der Waals surface area contributed by atoms with Gasteiger partial charge in [0.2, 0.25) is 0 Å². The summed E-state index contributed by atoms with van der Waals surface area (Å²) in [4.78, 5) is 13.7. The van der Waals surface area contributed by atoms with E-state index < -0.39 is 0 Å². The largest absolute Gasteiger partial charge is 0.412 e. The molecule has 0 saturated heterocycles. The predicted octanol–water partition coefficient (Wildman–Crippen LogP) is 0.231. The summed E-state index contributed by atoms with van der Waals surface area (Å²) in [6.07, 6.45) is 2.31. The van der Waals surface area contributed by atoms with Gasteiger partial charge >= 0.3 is 0 Å². The zero-order valence-corrected chi connectivity index (χ0v) is 5.45. The number of carbonyl (C=O) groups excluding carboxylic acids is 1. The molecule has 0 aliphatic heterocycles. The highest BCUT2D eigenvalue weighted by Crippen LogP contribution is 1.85. The molecule has 10 heavy (non-hydrogen) atoms. The van der Waals surface area contributed by atoms with E-state index in [9.17, 15) is 4.79 Å². The number of nitrogens with zero attached hydrogens (tertiary/aromatic N) is 1. The summed E-state index contributed by atoms with van der Waals surface area (Å²) in [6.45, 7) is 0. The van der Waals surface area contributed by atoms with Crippen LogP contribution in [0.1, 0.15) is 10.5 Å². The lowest BCUT2D eigenvalue weighted by Gasteiger charge is -1.81. The quantitative estimate of drug-likeness (QED) is 0.568. The second-order valence-corrected chi connectivity index (χ2v) is 1.37. The maximum atomic E-state index is 9.94. The van der Waals surface area contributed by atoms with Gasteiger partial charge in [0.1, 0.15) is 5.69 Å². The molecule has 1 rings (SSSR count). The maximum absolute atomic E-state index is 9.94. The van der Waals surface area contributed by atoms with Gasteiger partial charge in [0, 0.05) is 6.20 Å². The maximum Gasteiger partial charge on any atom is 0.168 e. The number of pyridine rings is 1. The topological polar surface area (TPSA) is 96.5 Å². The molecule has 0 fully saturated rings. The van der Waals surface area contributed by atoms with Crippen molar-refractivity contribution in [1.82, 2.24) is 11.1 Å². The smallest absolute Gasteiger partial charge is 0.168 e. The Morgan fingerprint density at radius 1 is 1.40 bits per heavy atom. The van der Waals surface area contributed by atoms with E-state index in [2.05, 4.69) is 4.98 Å². The van der Waals surface area contributed by atoms with Gasteiger partial charge in [-0.1, -0.05) is 6.07 Å². The highest BCUT2D eigenvalue weighted by atomic mass is 16.1. The molecule has 4 heteroatoms. The third-order valence-electron chi connectivity index (χ3n) is 0.809. The van der Waals surface area contributed by atoms with E-state index in [0.29, 0.717) is 5.69 Å². The number of aromatic nitrogens is 1. The summed E-state index contributed by atoms with van der Waals surface area (Å²) in [5.74, 6) is 0.